The van der Waals surface area contributed by atoms with Crippen LogP contribution in [0.15, 0.2) is 109 Å². The van der Waals surface area contributed by atoms with Crippen molar-refractivity contribution in [3.05, 3.63) is 143 Å². The summed E-state index contributed by atoms with van der Waals surface area (Å²) in [6, 6.07) is 34.5. The van der Waals surface area contributed by atoms with Crippen molar-refractivity contribution in [2.24, 2.45) is 0 Å². The number of Topliss-reactive ketones (excluding diaryl/α,β-unsaturated/α-hetero) is 2. The molecule has 4 aromatic rings. The molecule has 1 aliphatic rings. The molecule has 0 amide bonds. The summed E-state index contributed by atoms with van der Waals surface area (Å²) in [5, 5.41) is 0. The fourth-order valence-electron chi connectivity index (χ4n) is 4.78. The van der Waals surface area contributed by atoms with Crippen LogP contribution < -0.4 is 0 Å². The zero-order chi connectivity index (χ0) is 23.7. The van der Waals surface area contributed by atoms with E-state index in [1.165, 1.54) is 0 Å². The lowest BCUT2D eigenvalue weighted by molar-refractivity contribution is 0.105. The standard InChI is InChI=1S/C32H24O2/c1-21-25-17-9-11-19-27(25)30(32(34)24-15-7-4-8-16-24)22(2)26-18-10-12-20-28(26)29(21)31(33)23-13-5-3-6-14-23/h3-20H,1-2H3/b25-21?,26-22?,29-21+,29-28?,30-22+,30-27?. The van der Waals surface area contributed by atoms with Crippen LogP contribution in [0.4, 0.5) is 0 Å². The highest BCUT2D eigenvalue weighted by molar-refractivity contribution is 6.39. The molecule has 0 radical (unpaired) electrons. The molecule has 4 aromatic carbocycles. The van der Waals surface area contributed by atoms with Crippen LogP contribution in [-0.4, -0.2) is 11.6 Å². The highest BCUT2D eigenvalue weighted by Crippen LogP contribution is 2.42. The largest absolute Gasteiger partial charge is 0.289 e. The van der Waals surface area contributed by atoms with Gasteiger partial charge in [-0.25, -0.2) is 0 Å². The third-order valence-electron chi connectivity index (χ3n) is 6.48. The normalized spacial score (nSPS) is 17.2. The number of allylic oxidation sites excluding steroid dienone is 4. The molecule has 0 aliphatic heterocycles. The van der Waals surface area contributed by atoms with Gasteiger partial charge < -0.3 is 0 Å². The van der Waals surface area contributed by atoms with Gasteiger partial charge >= 0.3 is 0 Å². The smallest absolute Gasteiger partial charge is 0.193 e. The molecule has 1 aliphatic carbocycles. The van der Waals surface area contributed by atoms with Crippen LogP contribution in [0.5, 0.6) is 0 Å². The number of hydrogen-bond donors (Lipinski definition) is 0. The summed E-state index contributed by atoms with van der Waals surface area (Å²) in [6.07, 6.45) is 0. The monoisotopic (exact) mass is 440 g/mol. The fraction of sp³-hybridized carbons (Fsp3) is 0.0625. The van der Waals surface area contributed by atoms with E-state index in [0.717, 1.165) is 33.4 Å². The van der Waals surface area contributed by atoms with Gasteiger partial charge in [0.15, 0.2) is 11.6 Å². The predicted octanol–water partition coefficient (Wildman–Crippen LogP) is 7.63. The van der Waals surface area contributed by atoms with E-state index in [1.54, 1.807) is 0 Å². The van der Waals surface area contributed by atoms with Crippen LogP contribution in [0.1, 0.15) is 56.8 Å². The van der Waals surface area contributed by atoms with Crippen LogP contribution in [0.3, 0.4) is 0 Å². The number of hydrogen-bond acceptors (Lipinski definition) is 2. The number of rotatable bonds is 4. The van der Waals surface area contributed by atoms with Crippen molar-refractivity contribution in [2.45, 2.75) is 13.8 Å². The zero-order valence-corrected chi connectivity index (χ0v) is 19.2. The Morgan fingerprint density at radius 3 is 1.06 bits per heavy atom. The molecular weight excluding hydrogens is 416 g/mol. The van der Waals surface area contributed by atoms with E-state index < -0.39 is 0 Å². The molecule has 0 aromatic heterocycles. The minimum absolute atomic E-state index is 0.0222. The molecule has 0 atom stereocenters. The SMILES string of the molecule is C/C1=C(\C(=O)c2ccccc2)c2ccccc2/C(C)=C(/C(=O)c2ccccc2)c2ccccc21. The zero-order valence-electron chi connectivity index (χ0n) is 19.2. The van der Waals surface area contributed by atoms with Gasteiger partial charge in [0, 0.05) is 22.3 Å². The molecule has 0 fully saturated rings. The summed E-state index contributed by atoms with van der Waals surface area (Å²) >= 11 is 0. The Kier molecular flexibility index (Phi) is 5.65. The molecule has 2 heteroatoms. The fourth-order valence-corrected chi connectivity index (χ4v) is 4.78. The Labute approximate surface area is 199 Å². The molecular formula is C32H24O2. The number of carbonyl (C=O) groups is 2. The maximum Gasteiger partial charge on any atom is 0.193 e. The van der Waals surface area contributed by atoms with Gasteiger partial charge in [0.05, 0.1) is 0 Å². The molecule has 0 bridgehead atoms. The van der Waals surface area contributed by atoms with E-state index in [9.17, 15) is 9.59 Å². The molecule has 164 valence electrons. The molecule has 34 heavy (non-hydrogen) atoms. The summed E-state index contributed by atoms with van der Waals surface area (Å²) in [4.78, 5) is 27.7. The highest BCUT2D eigenvalue weighted by Gasteiger charge is 2.28. The van der Waals surface area contributed by atoms with Crippen molar-refractivity contribution in [3.63, 3.8) is 0 Å². The Balaban J connectivity index is 1.84. The first-order valence-corrected chi connectivity index (χ1v) is 11.4. The van der Waals surface area contributed by atoms with Gasteiger partial charge in [0.1, 0.15) is 0 Å². The Bertz CT molecular complexity index is 1360. The maximum atomic E-state index is 13.9. The van der Waals surface area contributed by atoms with Crippen molar-refractivity contribution >= 4 is 33.9 Å². The van der Waals surface area contributed by atoms with Gasteiger partial charge in [-0.3, -0.25) is 9.59 Å². The van der Waals surface area contributed by atoms with Crippen molar-refractivity contribution in [2.75, 3.05) is 0 Å². The summed E-state index contributed by atoms with van der Waals surface area (Å²) < 4.78 is 0. The second-order valence-corrected chi connectivity index (χ2v) is 8.48. The van der Waals surface area contributed by atoms with Gasteiger partial charge in [-0.1, -0.05) is 109 Å². The summed E-state index contributed by atoms with van der Waals surface area (Å²) in [6.45, 7) is 3.97. The molecule has 0 spiro atoms. The molecule has 0 unspecified atom stereocenters. The average Bonchev–Trinajstić information content (AvgIpc) is 2.89. The number of benzene rings is 4. The number of ketones is 2. The Morgan fingerprint density at radius 1 is 0.412 bits per heavy atom. The van der Waals surface area contributed by atoms with Gasteiger partial charge in [-0.2, -0.15) is 0 Å². The molecule has 0 saturated heterocycles. The maximum absolute atomic E-state index is 13.9. The van der Waals surface area contributed by atoms with E-state index in [-0.39, 0.29) is 11.6 Å². The lowest BCUT2D eigenvalue weighted by atomic mass is 9.78. The Morgan fingerprint density at radius 2 is 0.706 bits per heavy atom. The second-order valence-electron chi connectivity index (χ2n) is 8.48. The Hall–Kier alpha value is -4.30. The lowest BCUT2D eigenvalue weighted by Crippen LogP contribution is -2.13. The van der Waals surface area contributed by atoms with Crippen molar-refractivity contribution in [3.8, 4) is 0 Å². The molecule has 0 N–H and O–H groups in total. The van der Waals surface area contributed by atoms with Crippen LogP contribution in [-0.2, 0) is 0 Å². The number of carbonyl (C=O) groups excluding carboxylic acids is 2. The van der Waals surface area contributed by atoms with Gasteiger partial charge in [-0.15, -0.1) is 0 Å². The second kappa shape index (κ2) is 8.92. The van der Waals surface area contributed by atoms with Crippen LogP contribution in [0, 0.1) is 0 Å². The summed E-state index contributed by atoms with van der Waals surface area (Å²) in [5.41, 5.74) is 7.84. The minimum atomic E-state index is -0.0222. The molecule has 5 rings (SSSR count). The first-order valence-electron chi connectivity index (χ1n) is 11.4. The third kappa shape index (κ3) is 3.64. The quantitative estimate of drug-likeness (QED) is 0.306. The van der Waals surface area contributed by atoms with Crippen molar-refractivity contribution < 1.29 is 9.59 Å². The topological polar surface area (TPSA) is 34.1 Å². The van der Waals surface area contributed by atoms with Crippen LogP contribution in [0.2, 0.25) is 0 Å². The average molecular weight is 441 g/mol. The molecule has 2 nitrogen and oxygen atoms in total. The minimum Gasteiger partial charge on any atom is -0.289 e. The van der Waals surface area contributed by atoms with E-state index in [2.05, 4.69) is 0 Å². The van der Waals surface area contributed by atoms with E-state index in [1.807, 2.05) is 123 Å². The van der Waals surface area contributed by atoms with Crippen LogP contribution >= 0.6 is 0 Å². The van der Waals surface area contributed by atoms with Crippen molar-refractivity contribution in [1.29, 1.82) is 0 Å². The highest BCUT2D eigenvalue weighted by atomic mass is 16.1. The van der Waals surface area contributed by atoms with Crippen molar-refractivity contribution in [1.82, 2.24) is 0 Å². The van der Waals surface area contributed by atoms with Crippen LogP contribution in [0.25, 0.3) is 22.3 Å². The van der Waals surface area contributed by atoms with E-state index in [0.29, 0.717) is 22.3 Å². The predicted molar refractivity (Wildman–Crippen MR) is 139 cm³/mol. The van der Waals surface area contributed by atoms with Gasteiger partial charge in [0.2, 0.25) is 0 Å². The number of fused-ring (bicyclic) bond motifs is 2. The van der Waals surface area contributed by atoms with E-state index >= 15 is 0 Å². The van der Waals surface area contributed by atoms with E-state index in [4.69, 9.17) is 0 Å². The molecule has 0 heterocycles. The first-order chi connectivity index (χ1) is 16.6. The van der Waals surface area contributed by atoms with Gasteiger partial charge in [-0.05, 0) is 47.2 Å². The molecule has 0 saturated carbocycles. The summed E-state index contributed by atoms with van der Waals surface area (Å²) in [7, 11) is 0. The summed E-state index contributed by atoms with van der Waals surface area (Å²) in [5.74, 6) is -0.0445. The first kappa shape index (κ1) is 21.5. The third-order valence-corrected chi connectivity index (χ3v) is 6.48. The lowest BCUT2D eigenvalue weighted by Gasteiger charge is -2.24. The van der Waals surface area contributed by atoms with Gasteiger partial charge in [0.25, 0.3) is 0 Å².